The lowest BCUT2D eigenvalue weighted by Gasteiger charge is -2.37. The topological polar surface area (TPSA) is 351 Å². The summed E-state index contributed by atoms with van der Waals surface area (Å²) >= 11 is 0. The molecule has 1 N–H and O–H groups in total. The van der Waals surface area contributed by atoms with E-state index in [4.69, 9.17) is 26.4 Å². The van der Waals surface area contributed by atoms with Crippen molar-refractivity contribution in [3.05, 3.63) is 345 Å². The minimum absolute atomic E-state index is 0.104. The third kappa shape index (κ3) is 16.4. The van der Waals surface area contributed by atoms with E-state index >= 15 is 0 Å². The molecule has 8 aliphatic carbocycles. The molecule has 0 amide bonds. The first-order valence-corrected chi connectivity index (χ1v) is 52.8. The normalized spacial score (nSPS) is 21.4. The Morgan fingerprint density at radius 2 is 0.705 bits per heavy atom. The number of rotatable bonds is 17. The molecule has 12 aromatic heterocycles. The highest BCUT2D eigenvalue weighted by Gasteiger charge is 2.69. The van der Waals surface area contributed by atoms with Gasteiger partial charge in [-0.3, -0.25) is 29.6 Å². The van der Waals surface area contributed by atoms with Crippen LogP contribution in [0.2, 0.25) is 0 Å². The summed E-state index contributed by atoms with van der Waals surface area (Å²) in [4.78, 5) is 60.0. The zero-order chi connectivity index (χ0) is 105. The van der Waals surface area contributed by atoms with Gasteiger partial charge in [-0.25, -0.2) is 91.8 Å². The van der Waals surface area contributed by atoms with E-state index < -0.39 is 88.1 Å². The molecule has 0 radical (unpaired) electrons. The summed E-state index contributed by atoms with van der Waals surface area (Å²) in [6, 6.07) is 36.7. The van der Waals surface area contributed by atoms with Crippen LogP contribution < -0.4 is 4.72 Å². The van der Waals surface area contributed by atoms with Gasteiger partial charge in [0.2, 0.25) is 10.0 Å². The maximum absolute atomic E-state index is 14.5. The van der Waals surface area contributed by atoms with E-state index in [0.29, 0.717) is 46.4 Å². The van der Waals surface area contributed by atoms with E-state index in [1.54, 1.807) is 98.4 Å². The van der Waals surface area contributed by atoms with Crippen LogP contribution in [0.15, 0.2) is 214 Å². The van der Waals surface area contributed by atoms with Crippen molar-refractivity contribution in [2.75, 3.05) is 17.2 Å². The molecule has 8 bridgehead atoms. The first-order chi connectivity index (χ1) is 70.9. The minimum Gasteiger partial charge on any atom is -0.268 e. The third-order valence-electron chi connectivity index (χ3n) is 32.6. The largest absolute Gasteiger partial charge is 0.268 e. The average molecular weight is 2050 g/mol. The summed E-state index contributed by atoms with van der Waals surface area (Å²) in [5, 5.41) is 35.5. The summed E-state index contributed by atoms with van der Waals surface area (Å²) in [6.07, 6.45) is 33.7. The number of pyridine rings is 3. The van der Waals surface area contributed by atoms with Crippen molar-refractivity contribution < 1.29 is 52.0 Å². The Kier molecular flexibility index (Phi) is 24.5. The van der Waals surface area contributed by atoms with Crippen LogP contribution in [0.4, 0.5) is 40.9 Å². The van der Waals surface area contributed by atoms with Crippen LogP contribution in [0.5, 0.6) is 0 Å². The summed E-state index contributed by atoms with van der Waals surface area (Å²) in [5.41, 5.74) is 13.4. The summed E-state index contributed by atoms with van der Waals surface area (Å²) in [5.74, 6) is -1.13. The molecular formula is C113H100F8N22O4S2. The lowest BCUT2D eigenvalue weighted by atomic mass is 9.66. The summed E-state index contributed by atoms with van der Waals surface area (Å²) in [6.45, 7) is 23.8. The molecule has 0 saturated heterocycles. The number of halogens is 8. The van der Waals surface area contributed by atoms with E-state index in [-0.39, 0.29) is 107 Å². The van der Waals surface area contributed by atoms with Crippen molar-refractivity contribution in [3.8, 4) is 103 Å². The maximum Gasteiger partial charge on any atom is 0.230 e. The molecule has 0 spiro atoms. The zero-order valence-corrected chi connectivity index (χ0v) is 85.2. The fourth-order valence-corrected chi connectivity index (χ4v) is 26.4. The van der Waals surface area contributed by atoms with Gasteiger partial charge in [0.15, 0.2) is 21.5 Å². The van der Waals surface area contributed by atoms with Crippen LogP contribution in [0, 0.1) is 80.5 Å². The highest BCUT2D eigenvalue weighted by molar-refractivity contribution is 7.92. The molecule has 0 aliphatic heterocycles. The number of fused-ring (bicyclic) bond motifs is 20. The van der Waals surface area contributed by atoms with Crippen LogP contribution in [0.25, 0.3) is 90.5 Å². The Bertz CT molecular complexity index is 8070. The SMILES string of the molecule is C#CCc1ccc(-c2cncc([C@@]34CC[C@@H](c5cc(-c6c(F)cccc6F)nnc53)C4(C)C)n2)cn1.CC(C)(C)c1cnc(-c2nccc([C@@]34CC[C@@H](c5cc(-c6c(F)cccc6F)nnc53)C4(C)C)n2)cn1.CC1(C)[C@H]2CC[C@]1(c1ccnc(-c3ccc(NS(C)(=O)=O)nc3)n1)c1nnc(-c3c(F)cccc3F)cc12.CC1(C)[C@H]2CC[C@]1(c1cncc(-c3ccc(CS(C)(=O)=O)nc3)n1)c1nnc(-c3c(F)cccc3F)cc12. The molecule has 12 heterocycles. The second-order valence-corrected chi connectivity index (χ2v) is 46.8. The maximum atomic E-state index is 14.5. The Morgan fingerprint density at radius 3 is 1.03 bits per heavy atom. The van der Waals surface area contributed by atoms with Crippen LogP contribution >= 0.6 is 0 Å². The number of hydrogen-bond acceptors (Lipinski definition) is 25. The quantitative estimate of drug-likeness (QED) is 0.0653. The Hall–Kier alpha value is -15.3. The van der Waals surface area contributed by atoms with E-state index in [9.17, 15) is 52.0 Å². The average Bonchev–Trinajstić information content (AvgIpc) is 1.53. The Labute approximate surface area is 855 Å². The van der Waals surface area contributed by atoms with E-state index in [2.05, 4.69) is 172 Å². The number of sulfone groups is 1. The molecule has 754 valence electrons. The molecule has 149 heavy (non-hydrogen) atoms. The predicted octanol–water partition coefficient (Wildman–Crippen LogP) is 21.7. The van der Waals surface area contributed by atoms with Gasteiger partial charge in [-0.1, -0.05) is 100 Å². The molecule has 8 atom stereocenters. The molecule has 8 aliphatic rings. The molecule has 26 nitrogen and oxygen atoms in total. The molecule has 4 saturated carbocycles. The number of hydrogen-bond donors (Lipinski definition) is 1. The highest BCUT2D eigenvalue weighted by Crippen LogP contribution is 2.74. The number of benzene rings is 4. The second-order valence-electron chi connectivity index (χ2n) is 42.9. The number of terminal acetylenes is 1. The van der Waals surface area contributed by atoms with Crippen molar-refractivity contribution in [1.82, 2.24) is 106 Å². The van der Waals surface area contributed by atoms with Crippen LogP contribution in [0.1, 0.15) is 236 Å². The number of nitrogens with zero attached hydrogens (tertiary/aromatic N) is 21. The monoisotopic (exact) mass is 2040 g/mol. The summed E-state index contributed by atoms with van der Waals surface area (Å²) < 4.78 is 165. The van der Waals surface area contributed by atoms with Gasteiger partial charge in [0.1, 0.15) is 58.0 Å². The standard InChI is InChI=1S/C29H28F2N6.C29H23F2N5.C28H25F2N5O2S.C27H24F2N6O2S/c1-27(2,3)23-15-33-21(14-34-23)26-32-12-10-22(35-26)29-11-9-17(28(29,4)5)16-13-20(36-37-25(16)29)24-18(30)7-6-8-19(24)31;1-4-6-18-10-9-17(14-33-18)24-15-32-16-25(34-24)29-12-11-20(28(29,2)3)19-13-23(35-36-27(19)29)26-21(30)7-5-8-22(26)31;1-27(2)19-9-10-28(27,26-18(19)11-22(34-35-26)25-20(29)5-4-6-21(25)30)24-14-31-13-23(33-24)16-7-8-17(32-12-16)15-38(3,36)37;1-26(2)17-9-11-27(26,24-16(17)13-20(33-34-24)23-18(28)5-4-6-19(23)29)21-10-12-30-25(32-21)15-7-8-22(31-14-15)35-38(3,36)37/h6-8,10,12-15,17H,9,11H2,1-5H3;1,5,7-10,13-16,20H,6,11-12H2,2-3H3;4-8,11-14,19H,9-10,15H2,1-3H3;4-8,10,12-14,17H,9,11H2,1-3H3,(H,31,35)/t17-,29-;20-,29-;19-,28-;17-,27-/m0000/s1. The molecule has 0 unspecified atom stereocenters. The van der Waals surface area contributed by atoms with Crippen LogP contribution in [-0.4, -0.2) is 135 Å². The van der Waals surface area contributed by atoms with Crippen LogP contribution in [-0.2, 0) is 59.1 Å². The number of anilines is 1. The van der Waals surface area contributed by atoms with Crippen molar-refractivity contribution in [2.45, 2.75) is 190 Å². The first-order valence-electron chi connectivity index (χ1n) is 48.8. The Morgan fingerprint density at radius 1 is 0.356 bits per heavy atom. The fourth-order valence-electron chi connectivity index (χ4n) is 25.2. The second kappa shape index (κ2) is 36.6. The van der Waals surface area contributed by atoms with Crippen molar-refractivity contribution in [2.24, 2.45) is 21.7 Å². The van der Waals surface area contributed by atoms with Gasteiger partial charge in [-0.15, -0.1) is 32.7 Å². The molecule has 16 aromatic rings. The molecule has 4 aromatic carbocycles. The van der Waals surface area contributed by atoms with Gasteiger partial charge in [-0.2, -0.15) is 20.4 Å². The lowest BCUT2D eigenvalue weighted by Crippen LogP contribution is -2.38. The minimum atomic E-state index is -3.44. The van der Waals surface area contributed by atoms with Crippen molar-refractivity contribution >= 4 is 25.7 Å². The van der Waals surface area contributed by atoms with Gasteiger partial charge in [-0.05, 0) is 240 Å². The number of nitrogens with one attached hydrogen (secondary N) is 1. The smallest absolute Gasteiger partial charge is 0.230 e. The third-order valence-corrected chi connectivity index (χ3v) is 34.0. The molecular weight excluding hydrogens is 1950 g/mol. The first kappa shape index (κ1) is 99.7. The van der Waals surface area contributed by atoms with Gasteiger partial charge < -0.3 is 0 Å². The molecule has 36 heteroatoms. The van der Waals surface area contributed by atoms with Gasteiger partial charge in [0, 0.05) is 77.9 Å². The number of aromatic nitrogens is 21. The summed E-state index contributed by atoms with van der Waals surface area (Å²) in [7, 11) is -6.64. The van der Waals surface area contributed by atoms with Gasteiger partial charge >= 0.3 is 0 Å². The van der Waals surface area contributed by atoms with E-state index in [1.807, 2.05) is 36.4 Å². The highest BCUT2D eigenvalue weighted by atomic mass is 32.2. The Balaban J connectivity index is 0.000000116. The predicted molar refractivity (Wildman–Crippen MR) is 543 cm³/mol. The van der Waals surface area contributed by atoms with Crippen molar-refractivity contribution in [3.63, 3.8) is 0 Å². The van der Waals surface area contributed by atoms with Crippen LogP contribution in [0.3, 0.4) is 0 Å². The van der Waals surface area contributed by atoms with Gasteiger partial charge in [0.05, 0.1) is 178 Å². The van der Waals surface area contributed by atoms with E-state index in [1.165, 1.54) is 85.2 Å². The zero-order valence-electron chi connectivity index (χ0n) is 83.5. The lowest BCUT2D eigenvalue weighted by molar-refractivity contribution is 0.242. The van der Waals surface area contributed by atoms with Gasteiger partial charge in [0.25, 0.3) is 0 Å². The molecule has 24 rings (SSSR count). The fraction of sp³-hybridized carbons (Fsp3) is 0.319. The molecule has 4 fully saturated rings. The van der Waals surface area contributed by atoms with E-state index in [0.717, 1.165) is 148 Å². The van der Waals surface area contributed by atoms with Crippen molar-refractivity contribution in [1.29, 1.82) is 0 Å². The number of sulfonamides is 1.